The van der Waals surface area contributed by atoms with Gasteiger partial charge in [0.25, 0.3) is 0 Å². The maximum absolute atomic E-state index is 12.7. The predicted molar refractivity (Wildman–Crippen MR) is 36.6 cm³/mol. The number of aromatic hydroxyl groups is 1. The highest BCUT2D eigenvalue weighted by Gasteiger charge is 2.13. The first kappa shape index (κ1) is 8.80. The molecule has 0 aliphatic rings. The fourth-order valence-corrected chi connectivity index (χ4v) is 0.669. The third-order valence-electron chi connectivity index (χ3n) is 1.21. The van der Waals surface area contributed by atoms with E-state index in [1.807, 2.05) is 0 Å². The number of hydrogen-bond acceptors (Lipinski definition) is 3. The Balaban J connectivity index is 3.08. The van der Waals surface area contributed by atoms with Crippen LogP contribution in [0.1, 0.15) is 0 Å². The second kappa shape index (κ2) is 3.40. The Morgan fingerprint density at radius 2 is 1.92 bits per heavy atom. The van der Waals surface area contributed by atoms with Crippen LogP contribution in [0.4, 0.5) is 8.78 Å². The van der Waals surface area contributed by atoms with Gasteiger partial charge in [0, 0.05) is 0 Å². The van der Waals surface area contributed by atoms with E-state index in [1.165, 1.54) is 0 Å². The molecule has 0 saturated heterocycles. The second-order valence-corrected chi connectivity index (χ2v) is 1.93. The summed E-state index contributed by atoms with van der Waals surface area (Å²) in [7, 11) is 0.217. The zero-order chi connectivity index (χ0) is 9.14. The molecule has 0 amide bonds. The summed E-state index contributed by atoms with van der Waals surface area (Å²) in [5, 5.41) is 16.8. The molecule has 0 saturated carbocycles. The average Bonchev–Trinajstić information content (AvgIpc) is 2.07. The van der Waals surface area contributed by atoms with E-state index < -0.39 is 23.1 Å². The maximum atomic E-state index is 12.7. The minimum absolute atomic E-state index is 0.217. The minimum atomic E-state index is -1.41. The Morgan fingerprint density at radius 1 is 1.25 bits per heavy atom. The topological polar surface area (TPSA) is 49.7 Å². The van der Waals surface area contributed by atoms with Gasteiger partial charge < -0.3 is 14.8 Å². The number of hydrogen-bond donors (Lipinski definition) is 2. The molecule has 0 bridgehead atoms. The maximum Gasteiger partial charge on any atom is 0.569 e. The van der Waals surface area contributed by atoms with Crippen molar-refractivity contribution < 1.29 is 23.6 Å². The van der Waals surface area contributed by atoms with Crippen LogP contribution in [0.5, 0.6) is 11.5 Å². The van der Waals surface area contributed by atoms with Crippen molar-refractivity contribution in [2.24, 2.45) is 0 Å². The van der Waals surface area contributed by atoms with Crippen molar-refractivity contribution in [1.82, 2.24) is 0 Å². The largest absolute Gasteiger partial charge is 0.569 e. The summed E-state index contributed by atoms with van der Waals surface area (Å²) in [4.78, 5) is 0. The lowest BCUT2D eigenvalue weighted by Crippen LogP contribution is -2.02. The highest BCUT2D eigenvalue weighted by atomic mass is 19.2. The zero-order valence-electron chi connectivity index (χ0n) is 5.79. The van der Waals surface area contributed by atoms with Crippen LogP contribution < -0.4 is 4.65 Å². The van der Waals surface area contributed by atoms with Crippen LogP contribution in [0.15, 0.2) is 12.1 Å². The fraction of sp³-hybridized carbons (Fsp3) is 0. The van der Waals surface area contributed by atoms with E-state index in [4.69, 9.17) is 10.1 Å². The van der Waals surface area contributed by atoms with Crippen LogP contribution in [0.2, 0.25) is 0 Å². The summed E-state index contributed by atoms with van der Waals surface area (Å²) >= 11 is 0. The van der Waals surface area contributed by atoms with Gasteiger partial charge in [-0.05, 0) is 12.1 Å². The molecular weight excluding hydrogens is 169 g/mol. The molecule has 6 heteroatoms. The molecule has 0 aromatic heterocycles. The van der Waals surface area contributed by atoms with Gasteiger partial charge >= 0.3 is 7.69 Å². The van der Waals surface area contributed by atoms with E-state index in [9.17, 15) is 8.78 Å². The Kier molecular flexibility index (Phi) is 2.49. The third kappa shape index (κ3) is 1.48. The number of halogens is 2. The predicted octanol–water partition coefficient (Wildman–Crippen LogP) is 0.576. The Hall–Kier alpha value is -1.30. The first-order chi connectivity index (χ1) is 5.66. The van der Waals surface area contributed by atoms with Gasteiger partial charge in [-0.2, -0.15) is 8.78 Å². The van der Waals surface area contributed by atoms with Crippen molar-refractivity contribution in [3.05, 3.63) is 23.8 Å². The normalized spacial score (nSPS) is 9.58. The van der Waals surface area contributed by atoms with E-state index in [1.54, 1.807) is 0 Å². The molecule has 0 aliphatic carbocycles. The molecule has 1 radical (unpaired) electrons. The molecule has 3 nitrogen and oxygen atoms in total. The number of benzene rings is 1. The molecule has 1 rings (SSSR count). The standard InChI is InChI=1S/C6H4BF2O3/c8-5-3(10)1-2-4(6(5)9)12-7-11/h1-2,10-11H. The quantitative estimate of drug-likeness (QED) is 0.642. The van der Waals surface area contributed by atoms with Gasteiger partial charge in [0.15, 0.2) is 5.75 Å². The van der Waals surface area contributed by atoms with Crippen molar-refractivity contribution in [3.8, 4) is 11.5 Å². The lowest BCUT2D eigenvalue weighted by molar-refractivity contribution is 0.382. The third-order valence-corrected chi connectivity index (χ3v) is 1.21. The van der Waals surface area contributed by atoms with Gasteiger partial charge in [-0.25, -0.2) is 0 Å². The molecule has 0 heterocycles. The molecule has 0 unspecified atom stereocenters. The molecule has 1 aromatic rings. The molecule has 0 aliphatic heterocycles. The van der Waals surface area contributed by atoms with Crippen molar-refractivity contribution in [2.75, 3.05) is 0 Å². The summed E-state index contributed by atoms with van der Waals surface area (Å²) in [5.41, 5.74) is 0. The van der Waals surface area contributed by atoms with Crippen molar-refractivity contribution in [1.29, 1.82) is 0 Å². The summed E-state index contributed by atoms with van der Waals surface area (Å²) in [6.45, 7) is 0. The van der Waals surface area contributed by atoms with Gasteiger partial charge in [0.05, 0.1) is 0 Å². The summed E-state index contributed by atoms with van der Waals surface area (Å²) in [6.07, 6.45) is 0. The lowest BCUT2D eigenvalue weighted by atomic mass is 10.3. The SMILES string of the molecule is O[B]Oc1ccc(O)c(F)c1F. The Morgan fingerprint density at radius 3 is 2.50 bits per heavy atom. The molecule has 2 N–H and O–H groups in total. The Bertz CT molecular complexity index is 292. The van der Waals surface area contributed by atoms with E-state index in [0.717, 1.165) is 12.1 Å². The second-order valence-electron chi connectivity index (χ2n) is 1.93. The molecule has 1 aromatic carbocycles. The molecule has 0 atom stereocenters. The molecular formula is C6H4BF2O3. The number of phenolic OH excluding ortho intramolecular Hbond substituents is 1. The molecule has 12 heavy (non-hydrogen) atoms. The van der Waals surface area contributed by atoms with E-state index in [0.29, 0.717) is 0 Å². The molecule has 63 valence electrons. The molecule has 0 fully saturated rings. The summed E-state index contributed by atoms with van der Waals surface area (Å²) in [6, 6.07) is 1.90. The van der Waals surface area contributed by atoms with Crippen LogP contribution in [0, 0.1) is 11.6 Å². The van der Waals surface area contributed by atoms with Gasteiger partial charge in [-0.15, -0.1) is 0 Å². The van der Waals surface area contributed by atoms with E-state index >= 15 is 0 Å². The minimum Gasteiger partial charge on any atom is -0.535 e. The van der Waals surface area contributed by atoms with Crippen molar-refractivity contribution in [2.45, 2.75) is 0 Å². The van der Waals surface area contributed by atoms with Gasteiger partial charge in [-0.3, -0.25) is 0 Å². The number of phenols is 1. The van der Waals surface area contributed by atoms with Gasteiger partial charge in [-0.1, -0.05) is 0 Å². The van der Waals surface area contributed by atoms with Crippen LogP contribution in [-0.4, -0.2) is 17.8 Å². The summed E-state index contributed by atoms with van der Waals surface area (Å²) < 4.78 is 29.3. The van der Waals surface area contributed by atoms with Crippen LogP contribution >= 0.6 is 0 Å². The zero-order valence-corrected chi connectivity index (χ0v) is 5.79. The van der Waals surface area contributed by atoms with Crippen molar-refractivity contribution in [3.63, 3.8) is 0 Å². The number of rotatable bonds is 2. The van der Waals surface area contributed by atoms with E-state index in [2.05, 4.69) is 4.65 Å². The highest BCUT2D eigenvalue weighted by molar-refractivity contribution is 6.17. The smallest absolute Gasteiger partial charge is 0.535 e. The van der Waals surface area contributed by atoms with Gasteiger partial charge in [0.1, 0.15) is 5.75 Å². The first-order valence-electron chi connectivity index (χ1n) is 2.96. The molecule has 0 spiro atoms. The van der Waals surface area contributed by atoms with Crippen LogP contribution in [0.3, 0.4) is 0 Å². The lowest BCUT2D eigenvalue weighted by Gasteiger charge is -2.03. The summed E-state index contributed by atoms with van der Waals surface area (Å²) in [5.74, 6) is -4.06. The first-order valence-corrected chi connectivity index (χ1v) is 2.96. The fourth-order valence-electron chi connectivity index (χ4n) is 0.669. The van der Waals surface area contributed by atoms with Crippen molar-refractivity contribution >= 4 is 7.69 Å². The monoisotopic (exact) mass is 173 g/mol. The average molecular weight is 173 g/mol. The highest BCUT2D eigenvalue weighted by Crippen LogP contribution is 2.25. The Labute approximate surface area is 67.5 Å². The van der Waals surface area contributed by atoms with Crippen LogP contribution in [0.25, 0.3) is 0 Å². The van der Waals surface area contributed by atoms with Crippen LogP contribution in [-0.2, 0) is 0 Å². The van der Waals surface area contributed by atoms with E-state index in [-0.39, 0.29) is 7.69 Å². The van der Waals surface area contributed by atoms with Gasteiger partial charge in [0.2, 0.25) is 11.6 Å².